The number of ether oxygens (including phenoxy) is 2. The number of carbonyl (C=O) groups is 1. The summed E-state index contributed by atoms with van der Waals surface area (Å²) in [7, 11) is 0. The van der Waals surface area contributed by atoms with Crippen molar-refractivity contribution in [3.63, 3.8) is 0 Å². The number of benzene rings is 1. The molecule has 0 radical (unpaired) electrons. The summed E-state index contributed by atoms with van der Waals surface area (Å²) in [6.45, 7) is -1.00. The summed E-state index contributed by atoms with van der Waals surface area (Å²) >= 11 is 0. The van der Waals surface area contributed by atoms with Crippen molar-refractivity contribution in [3.8, 4) is 5.75 Å². The highest BCUT2D eigenvalue weighted by Crippen LogP contribution is 2.30. The molecule has 23 heavy (non-hydrogen) atoms. The maximum Gasteiger partial charge on any atom is 0.232 e. The SMILES string of the molecule is NCC(=O)c1ccccc1OC1O[C@H](CO)[C@@H](O)C(O)(O)[C@H]1O. The molecule has 1 heterocycles. The molecular formula is C14H19NO8. The number of Topliss-reactive ketones (excluding diaryl/α,β-unsaturated/α-hetero) is 1. The van der Waals surface area contributed by atoms with Gasteiger partial charge in [-0.2, -0.15) is 0 Å². The summed E-state index contributed by atoms with van der Waals surface area (Å²) < 4.78 is 10.5. The molecule has 1 saturated heterocycles. The Morgan fingerprint density at radius 2 is 1.91 bits per heavy atom. The van der Waals surface area contributed by atoms with E-state index in [0.29, 0.717) is 0 Å². The Bertz CT molecular complexity index is 563. The zero-order valence-electron chi connectivity index (χ0n) is 12.1. The molecule has 1 unspecified atom stereocenters. The smallest absolute Gasteiger partial charge is 0.232 e. The Morgan fingerprint density at radius 3 is 2.52 bits per heavy atom. The van der Waals surface area contributed by atoms with Gasteiger partial charge in [-0.3, -0.25) is 4.79 Å². The molecule has 7 N–H and O–H groups in total. The number of ketones is 1. The molecule has 128 valence electrons. The van der Waals surface area contributed by atoms with E-state index < -0.39 is 42.8 Å². The number of aliphatic hydroxyl groups excluding tert-OH is 3. The topological polar surface area (TPSA) is 163 Å². The quantitative estimate of drug-likeness (QED) is 0.250. The van der Waals surface area contributed by atoms with Gasteiger partial charge in [-0.15, -0.1) is 0 Å². The van der Waals surface area contributed by atoms with Gasteiger partial charge in [0.15, 0.2) is 11.9 Å². The zero-order valence-corrected chi connectivity index (χ0v) is 12.1. The molecule has 1 aliphatic rings. The lowest BCUT2D eigenvalue weighted by Crippen LogP contribution is -2.68. The van der Waals surface area contributed by atoms with Gasteiger partial charge in [0, 0.05) is 0 Å². The highest BCUT2D eigenvalue weighted by atomic mass is 16.7. The first kappa shape index (κ1) is 17.8. The van der Waals surface area contributed by atoms with Crippen molar-refractivity contribution < 1.29 is 39.8 Å². The van der Waals surface area contributed by atoms with E-state index in [2.05, 4.69) is 0 Å². The number of rotatable bonds is 5. The summed E-state index contributed by atoms with van der Waals surface area (Å²) in [5, 5.41) is 48.3. The van der Waals surface area contributed by atoms with Gasteiger partial charge < -0.3 is 40.7 Å². The number of hydrogen-bond donors (Lipinski definition) is 6. The minimum atomic E-state index is -2.96. The van der Waals surface area contributed by atoms with Crippen LogP contribution in [0.5, 0.6) is 5.75 Å². The Balaban J connectivity index is 2.27. The maximum atomic E-state index is 11.8. The predicted octanol–water partition coefficient (Wildman–Crippen LogP) is -2.67. The van der Waals surface area contributed by atoms with Crippen molar-refractivity contribution in [1.82, 2.24) is 0 Å². The molecule has 4 atom stereocenters. The molecule has 0 aliphatic carbocycles. The van der Waals surface area contributed by atoms with Crippen molar-refractivity contribution in [2.24, 2.45) is 5.73 Å². The Labute approximate surface area is 131 Å². The molecule has 1 aromatic carbocycles. The molecule has 1 aromatic rings. The number of aliphatic hydroxyl groups is 5. The summed E-state index contributed by atoms with van der Waals surface area (Å²) in [4.78, 5) is 11.8. The number of para-hydroxylation sites is 1. The Morgan fingerprint density at radius 1 is 1.26 bits per heavy atom. The summed E-state index contributed by atoms with van der Waals surface area (Å²) in [5.74, 6) is -3.37. The van der Waals surface area contributed by atoms with Gasteiger partial charge in [0.1, 0.15) is 18.0 Å². The predicted molar refractivity (Wildman–Crippen MR) is 75.4 cm³/mol. The van der Waals surface area contributed by atoms with Crippen molar-refractivity contribution in [1.29, 1.82) is 0 Å². The van der Waals surface area contributed by atoms with Gasteiger partial charge in [0.25, 0.3) is 0 Å². The van der Waals surface area contributed by atoms with E-state index in [1.807, 2.05) is 0 Å². The van der Waals surface area contributed by atoms with Gasteiger partial charge in [0.2, 0.25) is 12.1 Å². The minimum absolute atomic E-state index is 0.0101. The van der Waals surface area contributed by atoms with Crippen molar-refractivity contribution in [2.45, 2.75) is 30.4 Å². The zero-order chi connectivity index (χ0) is 17.2. The van der Waals surface area contributed by atoms with E-state index in [9.17, 15) is 25.2 Å². The van der Waals surface area contributed by atoms with Gasteiger partial charge in [-0.25, -0.2) is 0 Å². The van der Waals surface area contributed by atoms with Crippen molar-refractivity contribution >= 4 is 5.78 Å². The molecule has 0 bridgehead atoms. The lowest BCUT2D eigenvalue weighted by atomic mass is 9.95. The van der Waals surface area contributed by atoms with Crippen LogP contribution in [0.2, 0.25) is 0 Å². The second-order valence-electron chi connectivity index (χ2n) is 5.14. The van der Waals surface area contributed by atoms with Gasteiger partial charge in [0.05, 0.1) is 18.7 Å². The molecule has 0 saturated carbocycles. The van der Waals surface area contributed by atoms with Crippen LogP contribution in [0, 0.1) is 0 Å². The van der Waals surface area contributed by atoms with Crippen LogP contribution in [0.3, 0.4) is 0 Å². The van der Waals surface area contributed by atoms with E-state index >= 15 is 0 Å². The van der Waals surface area contributed by atoms with E-state index in [0.717, 1.165) is 0 Å². The molecule has 2 rings (SSSR count). The second-order valence-corrected chi connectivity index (χ2v) is 5.14. The standard InChI is InChI=1S/C14H19NO8/c15-5-8(17)7-3-1-2-4-9(7)22-13-12(19)14(20,21)11(18)10(6-16)23-13/h1-4,10-13,16,18-21H,5-6,15H2/t10-,11-,12+,13?/m1/s1. The van der Waals surface area contributed by atoms with Gasteiger partial charge >= 0.3 is 0 Å². The fourth-order valence-electron chi connectivity index (χ4n) is 2.24. The van der Waals surface area contributed by atoms with Crippen molar-refractivity contribution in [3.05, 3.63) is 29.8 Å². The van der Waals surface area contributed by atoms with Crippen LogP contribution in [-0.2, 0) is 4.74 Å². The third-order valence-electron chi connectivity index (χ3n) is 3.59. The third-order valence-corrected chi connectivity index (χ3v) is 3.59. The fourth-order valence-corrected chi connectivity index (χ4v) is 2.24. The highest BCUT2D eigenvalue weighted by Gasteiger charge is 2.55. The first-order valence-corrected chi connectivity index (χ1v) is 6.89. The molecule has 1 fully saturated rings. The van der Waals surface area contributed by atoms with Crippen LogP contribution in [0.15, 0.2) is 24.3 Å². The monoisotopic (exact) mass is 329 g/mol. The van der Waals surface area contributed by atoms with E-state index in [1.165, 1.54) is 12.1 Å². The minimum Gasteiger partial charge on any atom is -0.461 e. The molecule has 1 aliphatic heterocycles. The van der Waals surface area contributed by atoms with Crippen molar-refractivity contribution in [2.75, 3.05) is 13.2 Å². The molecular weight excluding hydrogens is 310 g/mol. The van der Waals surface area contributed by atoms with Crippen LogP contribution in [0.1, 0.15) is 10.4 Å². The maximum absolute atomic E-state index is 11.8. The van der Waals surface area contributed by atoms with Crippen LogP contribution in [0.4, 0.5) is 0 Å². The second kappa shape index (κ2) is 6.89. The van der Waals surface area contributed by atoms with Crippen LogP contribution in [0.25, 0.3) is 0 Å². The van der Waals surface area contributed by atoms with E-state index in [-0.39, 0.29) is 17.9 Å². The lowest BCUT2D eigenvalue weighted by molar-refractivity contribution is -0.376. The Hall–Kier alpha value is -1.59. The third kappa shape index (κ3) is 3.35. The largest absolute Gasteiger partial charge is 0.461 e. The molecule has 0 spiro atoms. The Kier molecular flexibility index (Phi) is 5.32. The number of carbonyl (C=O) groups excluding carboxylic acids is 1. The lowest BCUT2D eigenvalue weighted by Gasteiger charge is -2.44. The normalized spacial score (nSPS) is 30.0. The number of hydrogen-bond acceptors (Lipinski definition) is 9. The molecule has 9 heteroatoms. The molecule has 0 aromatic heterocycles. The fraction of sp³-hybridized carbons (Fsp3) is 0.500. The summed E-state index contributed by atoms with van der Waals surface area (Å²) in [6.07, 6.45) is -7.00. The number of nitrogens with two attached hydrogens (primary N) is 1. The highest BCUT2D eigenvalue weighted by molar-refractivity contribution is 5.99. The average molecular weight is 329 g/mol. The van der Waals surface area contributed by atoms with Crippen LogP contribution in [-0.4, -0.2) is 74.9 Å². The van der Waals surface area contributed by atoms with Crippen LogP contribution >= 0.6 is 0 Å². The van der Waals surface area contributed by atoms with Crippen LogP contribution < -0.4 is 10.5 Å². The first-order valence-electron chi connectivity index (χ1n) is 6.89. The van der Waals surface area contributed by atoms with Gasteiger partial charge in [-0.05, 0) is 12.1 Å². The summed E-state index contributed by atoms with van der Waals surface area (Å²) in [5.41, 5.74) is 5.43. The summed E-state index contributed by atoms with van der Waals surface area (Å²) in [6, 6.07) is 6.00. The molecule has 0 amide bonds. The molecule has 9 nitrogen and oxygen atoms in total. The van der Waals surface area contributed by atoms with E-state index in [4.69, 9.17) is 20.3 Å². The van der Waals surface area contributed by atoms with E-state index in [1.54, 1.807) is 12.1 Å². The first-order chi connectivity index (χ1) is 10.8. The average Bonchev–Trinajstić information content (AvgIpc) is 2.55. The van der Waals surface area contributed by atoms with Gasteiger partial charge in [-0.1, -0.05) is 12.1 Å².